The summed E-state index contributed by atoms with van der Waals surface area (Å²) in [6.07, 6.45) is 9.63. The summed E-state index contributed by atoms with van der Waals surface area (Å²) >= 11 is 0. The molecule has 0 bridgehead atoms. The number of hydrogen-bond acceptors (Lipinski definition) is 2. The molecule has 1 aliphatic carbocycles. The van der Waals surface area contributed by atoms with Crippen LogP contribution in [0.5, 0.6) is 0 Å². The summed E-state index contributed by atoms with van der Waals surface area (Å²) in [6.45, 7) is 1.86. The molecule has 0 radical (unpaired) electrons. The first-order valence-corrected chi connectivity index (χ1v) is 4.10. The molecule has 11 heavy (non-hydrogen) atoms. The second-order valence-corrected chi connectivity index (χ2v) is 2.88. The van der Waals surface area contributed by atoms with Crippen LogP contribution in [0.4, 0.5) is 0 Å². The molecule has 2 N–H and O–H groups in total. The monoisotopic (exact) mass is 152 g/mol. The lowest BCUT2D eigenvalue weighted by Gasteiger charge is -2.20. The Balaban J connectivity index is 2.24. The zero-order valence-corrected chi connectivity index (χ0v) is 7.03. The minimum Gasteiger partial charge on any atom is -0.330 e. The van der Waals surface area contributed by atoms with Crippen molar-refractivity contribution in [3.8, 4) is 0 Å². The molecule has 0 amide bonds. The molecular formula is C9H16N2. The van der Waals surface area contributed by atoms with Crippen molar-refractivity contribution >= 4 is 0 Å². The number of allylic oxidation sites excluding steroid dienone is 2. The Labute approximate surface area is 68.4 Å². The summed E-state index contributed by atoms with van der Waals surface area (Å²) in [5, 5.41) is 0. The molecule has 2 heteroatoms. The van der Waals surface area contributed by atoms with Gasteiger partial charge in [0.15, 0.2) is 0 Å². The predicted molar refractivity (Wildman–Crippen MR) is 48.4 cm³/mol. The van der Waals surface area contributed by atoms with E-state index in [-0.39, 0.29) is 0 Å². The van der Waals surface area contributed by atoms with Crippen LogP contribution in [0.2, 0.25) is 0 Å². The molecule has 2 nitrogen and oxygen atoms in total. The van der Waals surface area contributed by atoms with Gasteiger partial charge in [-0.1, -0.05) is 24.3 Å². The Morgan fingerprint density at radius 1 is 1.36 bits per heavy atom. The van der Waals surface area contributed by atoms with Gasteiger partial charge in [0.05, 0.1) is 0 Å². The van der Waals surface area contributed by atoms with Crippen molar-refractivity contribution in [3.05, 3.63) is 24.3 Å². The number of likely N-dealkylation sites (N-methyl/N-ethyl adjacent to an activating group) is 1. The average molecular weight is 152 g/mol. The molecule has 0 heterocycles. The number of rotatable bonds is 4. The molecule has 0 unspecified atom stereocenters. The fraction of sp³-hybridized carbons (Fsp3) is 0.556. The van der Waals surface area contributed by atoms with Crippen molar-refractivity contribution in [2.45, 2.75) is 12.5 Å². The van der Waals surface area contributed by atoms with Crippen molar-refractivity contribution in [1.29, 1.82) is 0 Å². The largest absolute Gasteiger partial charge is 0.330 e. The van der Waals surface area contributed by atoms with Gasteiger partial charge in [-0.2, -0.15) is 0 Å². The van der Waals surface area contributed by atoms with Crippen LogP contribution in [0.3, 0.4) is 0 Å². The van der Waals surface area contributed by atoms with Crippen LogP contribution in [0.1, 0.15) is 6.42 Å². The molecule has 0 spiro atoms. The Hall–Kier alpha value is -0.600. The Bertz CT molecular complexity index is 149. The predicted octanol–water partition coefficient (Wildman–Crippen LogP) is 0.762. The summed E-state index contributed by atoms with van der Waals surface area (Å²) < 4.78 is 0. The topological polar surface area (TPSA) is 29.3 Å². The minimum absolute atomic E-state index is 0.501. The van der Waals surface area contributed by atoms with E-state index in [1.54, 1.807) is 0 Å². The smallest absolute Gasteiger partial charge is 0.0464 e. The highest BCUT2D eigenvalue weighted by Gasteiger charge is 2.08. The van der Waals surface area contributed by atoms with Crippen LogP contribution >= 0.6 is 0 Å². The maximum Gasteiger partial charge on any atom is 0.0464 e. The maximum atomic E-state index is 5.41. The van der Waals surface area contributed by atoms with E-state index in [4.69, 9.17) is 5.73 Å². The molecule has 0 aromatic rings. The standard InChI is InChI=1S/C9H16N2/c1-11(8-4-7-10)9-5-2-3-6-9/h2-3,5-6,9H,4,7-8,10H2,1H3. The third-order valence-electron chi connectivity index (χ3n) is 1.95. The average Bonchev–Trinajstić information content (AvgIpc) is 2.52. The van der Waals surface area contributed by atoms with Gasteiger partial charge in [-0.15, -0.1) is 0 Å². The van der Waals surface area contributed by atoms with Gasteiger partial charge in [0.2, 0.25) is 0 Å². The number of nitrogens with two attached hydrogens (primary N) is 1. The van der Waals surface area contributed by atoms with Gasteiger partial charge >= 0.3 is 0 Å². The third kappa shape index (κ3) is 2.48. The van der Waals surface area contributed by atoms with Crippen LogP contribution in [0, 0.1) is 0 Å². The third-order valence-corrected chi connectivity index (χ3v) is 1.95. The summed E-state index contributed by atoms with van der Waals surface area (Å²) in [5.74, 6) is 0. The van der Waals surface area contributed by atoms with Gasteiger partial charge in [0.25, 0.3) is 0 Å². The van der Waals surface area contributed by atoms with E-state index in [0.29, 0.717) is 6.04 Å². The highest BCUT2D eigenvalue weighted by atomic mass is 15.1. The first kappa shape index (κ1) is 8.50. The molecule has 0 atom stereocenters. The maximum absolute atomic E-state index is 5.41. The van der Waals surface area contributed by atoms with Crippen molar-refractivity contribution in [3.63, 3.8) is 0 Å². The zero-order chi connectivity index (χ0) is 8.10. The second-order valence-electron chi connectivity index (χ2n) is 2.88. The molecule has 0 aromatic carbocycles. The van der Waals surface area contributed by atoms with E-state index < -0.39 is 0 Å². The molecule has 62 valence electrons. The van der Waals surface area contributed by atoms with Gasteiger partial charge in [-0.3, -0.25) is 4.90 Å². The van der Waals surface area contributed by atoms with Crippen LogP contribution in [0.25, 0.3) is 0 Å². The van der Waals surface area contributed by atoms with E-state index in [0.717, 1.165) is 19.5 Å². The number of hydrogen-bond donors (Lipinski definition) is 1. The fourth-order valence-corrected chi connectivity index (χ4v) is 1.20. The van der Waals surface area contributed by atoms with Crippen molar-refractivity contribution in [2.24, 2.45) is 5.73 Å². The SMILES string of the molecule is CN(CCCN)C1C=CC=C1. The Morgan fingerprint density at radius 2 is 2.00 bits per heavy atom. The van der Waals surface area contributed by atoms with Gasteiger partial charge in [0.1, 0.15) is 0 Å². The summed E-state index contributed by atoms with van der Waals surface area (Å²) in [4.78, 5) is 2.30. The van der Waals surface area contributed by atoms with Crippen LogP contribution in [-0.2, 0) is 0 Å². The minimum atomic E-state index is 0.501. The first-order chi connectivity index (χ1) is 5.34. The van der Waals surface area contributed by atoms with Gasteiger partial charge < -0.3 is 5.73 Å². The van der Waals surface area contributed by atoms with Crippen LogP contribution in [0.15, 0.2) is 24.3 Å². The van der Waals surface area contributed by atoms with E-state index in [1.165, 1.54) is 0 Å². The summed E-state index contributed by atoms with van der Waals surface area (Å²) in [5.41, 5.74) is 5.41. The molecular weight excluding hydrogens is 136 g/mol. The van der Waals surface area contributed by atoms with Crippen molar-refractivity contribution in [2.75, 3.05) is 20.1 Å². The van der Waals surface area contributed by atoms with E-state index in [2.05, 4.69) is 36.3 Å². The molecule has 0 saturated heterocycles. The number of nitrogens with zero attached hydrogens (tertiary/aromatic N) is 1. The molecule has 0 aliphatic heterocycles. The van der Waals surface area contributed by atoms with E-state index >= 15 is 0 Å². The zero-order valence-electron chi connectivity index (χ0n) is 7.03. The van der Waals surface area contributed by atoms with E-state index in [1.807, 2.05) is 0 Å². The normalized spacial score (nSPS) is 17.0. The fourth-order valence-electron chi connectivity index (χ4n) is 1.20. The molecule has 0 fully saturated rings. The van der Waals surface area contributed by atoms with Crippen molar-refractivity contribution in [1.82, 2.24) is 4.90 Å². The Kier molecular flexibility index (Phi) is 3.33. The quantitative estimate of drug-likeness (QED) is 0.644. The lowest BCUT2D eigenvalue weighted by Crippen LogP contribution is -2.29. The van der Waals surface area contributed by atoms with E-state index in [9.17, 15) is 0 Å². The lowest BCUT2D eigenvalue weighted by molar-refractivity contribution is 0.318. The van der Waals surface area contributed by atoms with Gasteiger partial charge in [-0.25, -0.2) is 0 Å². The van der Waals surface area contributed by atoms with Crippen LogP contribution < -0.4 is 5.73 Å². The van der Waals surface area contributed by atoms with Gasteiger partial charge in [0, 0.05) is 6.04 Å². The molecule has 1 rings (SSSR count). The second kappa shape index (κ2) is 4.31. The van der Waals surface area contributed by atoms with Crippen LogP contribution in [-0.4, -0.2) is 31.1 Å². The highest BCUT2D eigenvalue weighted by molar-refractivity contribution is 5.21. The van der Waals surface area contributed by atoms with Crippen molar-refractivity contribution < 1.29 is 0 Å². The Morgan fingerprint density at radius 3 is 2.55 bits per heavy atom. The summed E-state index contributed by atoms with van der Waals surface area (Å²) in [6, 6.07) is 0.501. The lowest BCUT2D eigenvalue weighted by atomic mass is 10.2. The van der Waals surface area contributed by atoms with Gasteiger partial charge in [-0.05, 0) is 26.6 Å². The molecule has 1 aliphatic rings. The first-order valence-electron chi connectivity index (χ1n) is 4.10. The summed E-state index contributed by atoms with van der Waals surface area (Å²) in [7, 11) is 2.13. The highest BCUT2D eigenvalue weighted by Crippen LogP contribution is 2.06. The molecule has 0 saturated carbocycles. The molecule has 0 aromatic heterocycles.